The molecule has 0 saturated heterocycles. The van der Waals surface area contributed by atoms with Crippen molar-refractivity contribution in [1.82, 2.24) is 0 Å². The molecule has 0 amide bonds. The molecule has 0 N–H and O–H groups in total. The average Bonchev–Trinajstić information content (AvgIpc) is 3.40. The molecule has 0 fully saturated rings. The summed E-state index contributed by atoms with van der Waals surface area (Å²) in [6.45, 7) is 6.67. The monoisotopic (exact) mass is 1040 g/mol. The van der Waals surface area contributed by atoms with Gasteiger partial charge in [0.1, 0.15) is 13.2 Å². The second-order valence-corrected chi connectivity index (χ2v) is 22.0. The van der Waals surface area contributed by atoms with E-state index in [9.17, 15) is 14.4 Å². The molecule has 0 spiro atoms. The number of unbranched alkanes of at least 4 members (excludes halogenated alkanes) is 41. The minimum atomic E-state index is -0.778. The predicted molar refractivity (Wildman–Crippen MR) is 321 cm³/mol. The van der Waals surface area contributed by atoms with Gasteiger partial charge in [0, 0.05) is 19.3 Å². The lowest BCUT2D eigenvalue weighted by Gasteiger charge is -2.18. The second-order valence-electron chi connectivity index (χ2n) is 22.0. The van der Waals surface area contributed by atoms with Crippen LogP contribution in [0.1, 0.15) is 348 Å². The van der Waals surface area contributed by atoms with Crippen molar-refractivity contribution >= 4 is 17.9 Å². The van der Waals surface area contributed by atoms with Crippen molar-refractivity contribution in [3.05, 3.63) is 48.6 Å². The molecule has 0 aliphatic carbocycles. The Morgan fingerprint density at radius 3 is 0.770 bits per heavy atom. The zero-order valence-corrected chi connectivity index (χ0v) is 49.6. The van der Waals surface area contributed by atoms with Crippen molar-refractivity contribution in [2.45, 2.75) is 354 Å². The summed E-state index contributed by atoms with van der Waals surface area (Å²) in [4.78, 5) is 38.3. The Hall–Kier alpha value is -2.63. The van der Waals surface area contributed by atoms with Gasteiger partial charge in [-0.1, -0.05) is 294 Å². The van der Waals surface area contributed by atoms with Crippen molar-refractivity contribution in [2.24, 2.45) is 0 Å². The Morgan fingerprint density at radius 2 is 0.486 bits per heavy atom. The number of rotatable bonds is 60. The molecule has 1 unspecified atom stereocenters. The average molecular weight is 1040 g/mol. The zero-order chi connectivity index (χ0) is 53.6. The summed E-state index contributed by atoms with van der Waals surface area (Å²) in [6.07, 6.45) is 78.3. The molecule has 0 aliphatic rings. The summed E-state index contributed by atoms with van der Waals surface area (Å²) in [5.74, 6) is -0.865. The molecule has 0 aromatic carbocycles. The maximum absolute atomic E-state index is 12.9. The molecule has 0 aromatic rings. The van der Waals surface area contributed by atoms with E-state index in [0.29, 0.717) is 19.3 Å². The van der Waals surface area contributed by atoms with E-state index >= 15 is 0 Å². The molecule has 432 valence electrons. The topological polar surface area (TPSA) is 78.9 Å². The predicted octanol–water partition coefficient (Wildman–Crippen LogP) is 22.2. The maximum atomic E-state index is 12.9. The Balaban J connectivity index is 4.30. The lowest BCUT2D eigenvalue weighted by molar-refractivity contribution is -0.167. The SMILES string of the molecule is CCCCCCC/C=C\C/C=C\C/C=C\CCCCCCCCCCCCC(=O)OCC(COC(=O)CCCCCCCCCCCCCCCCC)OC(=O)CCCCCCC/C=C\CCCCCCCCC. The zero-order valence-electron chi connectivity index (χ0n) is 49.6. The number of esters is 3. The molecule has 0 aromatic heterocycles. The third-order valence-electron chi connectivity index (χ3n) is 14.6. The molecule has 0 bridgehead atoms. The first-order valence-corrected chi connectivity index (χ1v) is 32.6. The third kappa shape index (κ3) is 60.2. The van der Waals surface area contributed by atoms with Crippen molar-refractivity contribution in [3.8, 4) is 0 Å². The Bertz CT molecular complexity index is 1280. The second kappa shape index (κ2) is 62.9. The Kier molecular flexibility index (Phi) is 60.7. The van der Waals surface area contributed by atoms with Crippen LogP contribution in [0.25, 0.3) is 0 Å². The molecular weight excluding hydrogens is 913 g/mol. The fourth-order valence-corrected chi connectivity index (χ4v) is 9.62. The summed E-state index contributed by atoms with van der Waals surface area (Å²) in [5.41, 5.74) is 0. The van der Waals surface area contributed by atoms with Crippen LogP contribution in [0.5, 0.6) is 0 Å². The van der Waals surface area contributed by atoms with Crippen LogP contribution in [0.3, 0.4) is 0 Å². The molecule has 6 heteroatoms. The highest BCUT2D eigenvalue weighted by atomic mass is 16.6. The molecule has 0 aliphatic heterocycles. The van der Waals surface area contributed by atoms with Crippen LogP contribution >= 0.6 is 0 Å². The number of ether oxygens (including phenoxy) is 3. The molecule has 0 heterocycles. The van der Waals surface area contributed by atoms with E-state index in [1.807, 2.05) is 0 Å². The van der Waals surface area contributed by atoms with Gasteiger partial charge >= 0.3 is 17.9 Å². The fraction of sp³-hybridized carbons (Fsp3) is 0.838. The molecule has 0 radical (unpaired) electrons. The van der Waals surface area contributed by atoms with E-state index in [1.54, 1.807) is 0 Å². The van der Waals surface area contributed by atoms with E-state index in [4.69, 9.17) is 14.2 Å². The van der Waals surface area contributed by atoms with Crippen molar-refractivity contribution in [2.75, 3.05) is 13.2 Å². The normalized spacial score (nSPS) is 12.3. The van der Waals surface area contributed by atoms with Crippen LogP contribution in [0, 0.1) is 0 Å². The molecule has 1 atom stereocenters. The standard InChI is InChI=1S/C68H124O6/c1-4-7-10-13-16-19-22-25-28-30-31-32-33-34-35-36-37-38-41-43-46-49-52-55-58-61-67(70)73-64-65(63-72-66(69)60-57-54-51-48-45-42-39-27-24-21-18-15-12-9-6-3)74-68(71)62-59-56-53-50-47-44-40-29-26-23-20-17-14-11-8-5-2/h22,25,29-31,33-34,40,65H,4-21,23-24,26-28,32,35-39,41-64H2,1-3H3/b25-22-,31-30-,34-33-,40-29-. The highest BCUT2D eigenvalue weighted by molar-refractivity contribution is 5.71. The molecule has 74 heavy (non-hydrogen) atoms. The van der Waals surface area contributed by atoms with E-state index in [-0.39, 0.29) is 31.1 Å². The van der Waals surface area contributed by atoms with Crippen molar-refractivity contribution < 1.29 is 28.6 Å². The highest BCUT2D eigenvalue weighted by Gasteiger charge is 2.19. The number of carbonyl (C=O) groups is 3. The summed E-state index contributed by atoms with van der Waals surface area (Å²) in [5, 5.41) is 0. The smallest absolute Gasteiger partial charge is 0.306 e. The number of hydrogen-bond acceptors (Lipinski definition) is 6. The molecule has 0 saturated carbocycles. The van der Waals surface area contributed by atoms with Crippen LogP contribution in [-0.4, -0.2) is 37.2 Å². The first kappa shape index (κ1) is 71.4. The first-order chi connectivity index (χ1) is 36.5. The van der Waals surface area contributed by atoms with Gasteiger partial charge in [-0.2, -0.15) is 0 Å². The highest BCUT2D eigenvalue weighted by Crippen LogP contribution is 2.17. The summed E-state index contributed by atoms with van der Waals surface area (Å²) >= 11 is 0. The Morgan fingerprint density at radius 1 is 0.270 bits per heavy atom. The van der Waals surface area contributed by atoms with Gasteiger partial charge in [-0.25, -0.2) is 0 Å². The number of hydrogen-bond donors (Lipinski definition) is 0. The van der Waals surface area contributed by atoms with Crippen molar-refractivity contribution in [1.29, 1.82) is 0 Å². The van der Waals surface area contributed by atoms with Gasteiger partial charge in [-0.3, -0.25) is 14.4 Å². The van der Waals surface area contributed by atoms with E-state index in [2.05, 4.69) is 69.4 Å². The Labute approximate surface area is 460 Å². The van der Waals surface area contributed by atoms with Gasteiger partial charge in [0.25, 0.3) is 0 Å². The first-order valence-electron chi connectivity index (χ1n) is 32.6. The van der Waals surface area contributed by atoms with Gasteiger partial charge in [0.15, 0.2) is 6.10 Å². The van der Waals surface area contributed by atoms with Crippen LogP contribution < -0.4 is 0 Å². The van der Waals surface area contributed by atoms with Gasteiger partial charge in [-0.15, -0.1) is 0 Å². The maximum Gasteiger partial charge on any atom is 0.306 e. The van der Waals surface area contributed by atoms with Gasteiger partial charge in [0.2, 0.25) is 0 Å². The lowest BCUT2D eigenvalue weighted by Crippen LogP contribution is -2.30. The molecule has 6 nitrogen and oxygen atoms in total. The van der Waals surface area contributed by atoms with Crippen LogP contribution in [0.2, 0.25) is 0 Å². The lowest BCUT2D eigenvalue weighted by atomic mass is 10.0. The summed E-state index contributed by atoms with van der Waals surface area (Å²) in [6, 6.07) is 0. The van der Waals surface area contributed by atoms with E-state index in [1.165, 1.54) is 231 Å². The largest absolute Gasteiger partial charge is 0.462 e. The van der Waals surface area contributed by atoms with Crippen LogP contribution in [0.4, 0.5) is 0 Å². The summed E-state index contributed by atoms with van der Waals surface area (Å²) < 4.78 is 16.9. The fourth-order valence-electron chi connectivity index (χ4n) is 9.62. The quantitative estimate of drug-likeness (QED) is 0.0261. The van der Waals surface area contributed by atoms with Gasteiger partial charge < -0.3 is 14.2 Å². The van der Waals surface area contributed by atoms with Crippen LogP contribution in [-0.2, 0) is 28.6 Å². The summed E-state index contributed by atoms with van der Waals surface area (Å²) in [7, 11) is 0. The number of carbonyl (C=O) groups excluding carboxylic acids is 3. The van der Waals surface area contributed by atoms with Gasteiger partial charge in [-0.05, 0) is 83.5 Å². The third-order valence-corrected chi connectivity index (χ3v) is 14.6. The minimum Gasteiger partial charge on any atom is -0.462 e. The van der Waals surface area contributed by atoms with Crippen LogP contribution in [0.15, 0.2) is 48.6 Å². The number of allylic oxidation sites excluding steroid dienone is 8. The van der Waals surface area contributed by atoms with Crippen molar-refractivity contribution in [3.63, 3.8) is 0 Å². The molecular formula is C68H124O6. The van der Waals surface area contributed by atoms with E-state index < -0.39 is 6.10 Å². The van der Waals surface area contributed by atoms with E-state index in [0.717, 1.165) is 77.0 Å². The minimum absolute atomic E-state index is 0.0737. The van der Waals surface area contributed by atoms with Gasteiger partial charge in [0.05, 0.1) is 0 Å². The molecule has 0 rings (SSSR count).